The minimum Gasteiger partial charge on any atom is -0.385 e. The van der Waals surface area contributed by atoms with Crippen LogP contribution in [-0.4, -0.2) is 41.6 Å². The van der Waals surface area contributed by atoms with Gasteiger partial charge in [0.2, 0.25) is 11.9 Å². The van der Waals surface area contributed by atoms with Crippen molar-refractivity contribution in [3.63, 3.8) is 0 Å². The van der Waals surface area contributed by atoms with E-state index in [1.54, 1.807) is 12.0 Å². The minimum atomic E-state index is -0.587. The molecule has 29 heavy (non-hydrogen) atoms. The summed E-state index contributed by atoms with van der Waals surface area (Å²) in [6, 6.07) is 16.8. The van der Waals surface area contributed by atoms with Gasteiger partial charge < -0.3 is 10.1 Å². The number of methoxy groups -OCH3 is 1. The number of nitrogens with one attached hydrogen (secondary N) is 1. The van der Waals surface area contributed by atoms with Crippen LogP contribution in [0.3, 0.4) is 0 Å². The van der Waals surface area contributed by atoms with Crippen molar-refractivity contribution >= 4 is 28.8 Å². The molecule has 0 aliphatic carbocycles. The Balaban J connectivity index is 1.55. The largest absolute Gasteiger partial charge is 0.385 e. The standard InChI is InChI=1S/C22H24N4O3/c1-29-13-7-12-25-21(28)19(14-20(27)23-15-16-8-3-2-4-9-16)26-18-11-6-5-10-17(18)24-22(25)26/h2-6,8-11,19H,7,12-15H2,1H3,(H,23,27)/t19-/m1/s1. The van der Waals surface area contributed by atoms with E-state index in [0.717, 1.165) is 16.6 Å². The molecule has 4 rings (SSSR count). The molecule has 2 aromatic carbocycles. The Labute approximate surface area is 169 Å². The molecular formula is C22H24N4O3. The smallest absolute Gasteiger partial charge is 0.253 e. The highest BCUT2D eigenvalue weighted by Gasteiger charge is 2.40. The van der Waals surface area contributed by atoms with Crippen LogP contribution in [0.15, 0.2) is 54.6 Å². The number of amides is 2. The molecule has 1 aromatic heterocycles. The summed E-state index contributed by atoms with van der Waals surface area (Å²) in [5, 5.41) is 2.92. The second-order valence-electron chi connectivity index (χ2n) is 7.09. The summed E-state index contributed by atoms with van der Waals surface area (Å²) in [4.78, 5) is 32.1. The fourth-order valence-electron chi connectivity index (χ4n) is 3.72. The Kier molecular flexibility index (Phi) is 5.57. The number of aromatic nitrogens is 2. The number of carbonyl (C=O) groups is 2. The maximum atomic E-state index is 13.1. The van der Waals surface area contributed by atoms with Gasteiger partial charge in [0.25, 0.3) is 5.91 Å². The predicted octanol–water partition coefficient (Wildman–Crippen LogP) is 2.67. The van der Waals surface area contributed by atoms with Crippen molar-refractivity contribution in [1.29, 1.82) is 0 Å². The normalized spacial score (nSPS) is 15.7. The Morgan fingerprint density at radius 1 is 1.14 bits per heavy atom. The molecule has 0 unspecified atom stereocenters. The first-order valence-electron chi connectivity index (χ1n) is 9.77. The molecule has 0 saturated carbocycles. The summed E-state index contributed by atoms with van der Waals surface area (Å²) >= 11 is 0. The second kappa shape index (κ2) is 8.45. The van der Waals surface area contributed by atoms with Crippen molar-refractivity contribution < 1.29 is 14.3 Å². The SMILES string of the molecule is COCCCN1C(=O)[C@@H](CC(=O)NCc2ccccc2)n2c1nc1ccccc12. The number of hydrogen-bond donors (Lipinski definition) is 1. The van der Waals surface area contributed by atoms with Gasteiger partial charge in [-0.15, -0.1) is 0 Å². The Bertz CT molecular complexity index is 1020. The van der Waals surface area contributed by atoms with Gasteiger partial charge in [-0.2, -0.15) is 0 Å². The molecule has 150 valence electrons. The van der Waals surface area contributed by atoms with Crippen LogP contribution in [0.2, 0.25) is 0 Å². The van der Waals surface area contributed by atoms with Crippen molar-refractivity contribution in [2.75, 3.05) is 25.2 Å². The zero-order valence-electron chi connectivity index (χ0n) is 16.4. The summed E-state index contributed by atoms with van der Waals surface area (Å²) in [5.41, 5.74) is 2.71. The molecule has 2 heterocycles. The van der Waals surface area contributed by atoms with Gasteiger partial charge >= 0.3 is 0 Å². The van der Waals surface area contributed by atoms with Gasteiger partial charge in [0.05, 0.1) is 17.5 Å². The van der Waals surface area contributed by atoms with E-state index in [1.807, 2.05) is 59.2 Å². The number of nitrogens with zero attached hydrogens (tertiary/aromatic N) is 3. The molecule has 0 fully saturated rings. The highest BCUT2D eigenvalue weighted by Crippen LogP contribution is 2.36. The van der Waals surface area contributed by atoms with Crippen molar-refractivity contribution in [2.45, 2.75) is 25.4 Å². The number of carbonyl (C=O) groups excluding carboxylic acids is 2. The van der Waals surface area contributed by atoms with Crippen LogP contribution in [-0.2, 0) is 20.9 Å². The Morgan fingerprint density at radius 3 is 2.69 bits per heavy atom. The van der Waals surface area contributed by atoms with E-state index < -0.39 is 6.04 Å². The molecule has 0 bridgehead atoms. The number of imidazole rings is 1. The fraction of sp³-hybridized carbons (Fsp3) is 0.318. The number of hydrogen-bond acceptors (Lipinski definition) is 4. The molecule has 7 heteroatoms. The quantitative estimate of drug-likeness (QED) is 0.598. The Hall–Kier alpha value is -3.19. The van der Waals surface area contributed by atoms with Crippen LogP contribution in [0.4, 0.5) is 5.95 Å². The first-order chi connectivity index (χ1) is 14.2. The zero-order chi connectivity index (χ0) is 20.2. The van der Waals surface area contributed by atoms with Gasteiger partial charge in [-0.25, -0.2) is 4.98 Å². The fourth-order valence-corrected chi connectivity index (χ4v) is 3.72. The lowest BCUT2D eigenvalue weighted by molar-refractivity contribution is -0.127. The highest BCUT2D eigenvalue weighted by molar-refractivity contribution is 6.03. The van der Waals surface area contributed by atoms with Crippen LogP contribution in [0, 0.1) is 0 Å². The van der Waals surface area contributed by atoms with Crippen LogP contribution < -0.4 is 10.2 Å². The van der Waals surface area contributed by atoms with E-state index in [-0.39, 0.29) is 18.2 Å². The summed E-state index contributed by atoms with van der Waals surface area (Å²) in [6.45, 7) is 1.51. The molecular weight excluding hydrogens is 368 g/mol. The lowest BCUT2D eigenvalue weighted by Gasteiger charge is -2.15. The van der Waals surface area contributed by atoms with E-state index in [2.05, 4.69) is 10.3 Å². The molecule has 0 spiro atoms. The molecule has 7 nitrogen and oxygen atoms in total. The number of para-hydroxylation sites is 2. The maximum Gasteiger partial charge on any atom is 0.253 e. The van der Waals surface area contributed by atoms with Gasteiger partial charge in [-0.3, -0.25) is 19.1 Å². The molecule has 1 aliphatic heterocycles. The van der Waals surface area contributed by atoms with Crippen LogP contribution in [0.25, 0.3) is 11.0 Å². The van der Waals surface area contributed by atoms with Crippen LogP contribution >= 0.6 is 0 Å². The number of anilines is 1. The van der Waals surface area contributed by atoms with Gasteiger partial charge in [0.1, 0.15) is 6.04 Å². The second-order valence-corrected chi connectivity index (χ2v) is 7.09. The lowest BCUT2D eigenvalue weighted by atomic mass is 10.1. The van der Waals surface area contributed by atoms with Gasteiger partial charge in [-0.05, 0) is 24.1 Å². The molecule has 1 atom stereocenters. The van der Waals surface area contributed by atoms with Crippen LogP contribution in [0.5, 0.6) is 0 Å². The van der Waals surface area contributed by atoms with E-state index >= 15 is 0 Å². The molecule has 2 amide bonds. The minimum absolute atomic E-state index is 0.0831. The molecule has 1 N–H and O–H groups in total. The van der Waals surface area contributed by atoms with Gasteiger partial charge in [0.15, 0.2) is 0 Å². The van der Waals surface area contributed by atoms with Gasteiger partial charge in [-0.1, -0.05) is 42.5 Å². The van der Waals surface area contributed by atoms with Crippen molar-refractivity contribution in [3.05, 3.63) is 60.2 Å². The van der Waals surface area contributed by atoms with E-state index in [4.69, 9.17) is 4.74 Å². The lowest BCUT2D eigenvalue weighted by Crippen LogP contribution is -2.33. The number of benzene rings is 2. The van der Waals surface area contributed by atoms with Crippen LogP contribution in [0.1, 0.15) is 24.4 Å². The van der Waals surface area contributed by atoms with Crippen molar-refractivity contribution in [3.8, 4) is 0 Å². The third kappa shape index (κ3) is 3.86. The third-order valence-electron chi connectivity index (χ3n) is 5.12. The average molecular weight is 392 g/mol. The number of rotatable bonds is 8. The maximum absolute atomic E-state index is 13.1. The summed E-state index contributed by atoms with van der Waals surface area (Å²) in [7, 11) is 1.64. The van der Waals surface area contributed by atoms with E-state index in [9.17, 15) is 9.59 Å². The highest BCUT2D eigenvalue weighted by atomic mass is 16.5. The first-order valence-corrected chi connectivity index (χ1v) is 9.77. The summed E-state index contributed by atoms with van der Waals surface area (Å²) < 4.78 is 7.02. The first kappa shape index (κ1) is 19.1. The summed E-state index contributed by atoms with van der Waals surface area (Å²) in [5.74, 6) is 0.354. The van der Waals surface area contributed by atoms with Gasteiger partial charge in [0, 0.05) is 26.8 Å². The van der Waals surface area contributed by atoms with E-state index in [1.165, 1.54) is 0 Å². The van der Waals surface area contributed by atoms with Crippen molar-refractivity contribution in [2.24, 2.45) is 0 Å². The summed E-state index contributed by atoms with van der Waals surface area (Å²) in [6.07, 6.45) is 0.790. The Morgan fingerprint density at radius 2 is 1.90 bits per heavy atom. The third-order valence-corrected chi connectivity index (χ3v) is 5.12. The monoisotopic (exact) mass is 392 g/mol. The topological polar surface area (TPSA) is 76.5 Å². The van der Waals surface area contributed by atoms with Crippen molar-refractivity contribution in [1.82, 2.24) is 14.9 Å². The molecule has 3 aromatic rings. The molecule has 1 aliphatic rings. The predicted molar refractivity (Wildman–Crippen MR) is 111 cm³/mol. The molecule has 0 radical (unpaired) electrons. The van der Waals surface area contributed by atoms with E-state index in [0.29, 0.717) is 32.1 Å². The average Bonchev–Trinajstić information content (AvgIpc) is 3.23. The molecule has 0 saturated heterocycles. The number of fused-ring (bicyclic) bond motifs is 3. The zero-order valence-corrected chi connectivity index (χ0v) is 16.4. The number of ether oxygens (including phenoxy) is 1.